The number of carbonyl (C=O) groups is 1. The van der Waals surface area contributed by atoms with Crippen LogP contribution >= 0.6 is 11.8 Å². The Kier molecular flexibility index (Phi) is 8.75. The van der Waals surface area contributed by atoms with Crippen LogP contribution in [0.3, 0.4) is 0 Å². The van der Waals surface area contributed by atoms with Gasteiger partial charge in [0, 0.05) is 17.0 Å². The second-order valence-corrected chi connectivity index (χ2v) is 8.75. The number of hydrogen-bond acceptors (Lipinski definition) is 4. The van der Waals surface area contributed by atoms with Crippen LogP contribution in [0.1, 0.15) is 41.8 Å². The van der Waals surface area contributed by atoms with Gasteiger partial charge in [0.15, 0.2) is 0 Å². The second kappa shape index (κ2) is 10.7. The first-order chi connectivity index (χ1) is 15.4. The number of amides is 1. The standard InChI is InChI=1S/C23H27F5N2O2S/c1-6-9-30(3)13-22(2,16-12-15(24)7-8-17(16)25)29-21(31)20-18(32-4)10-14(23(26,27)28)11-19(20)33-5/h7-8,10-12H,6,9,13H2,1-5H3,(H,29,31)/t22-/m1/s1. The van der Waals surface area contributed by atoms with E-state index in [0.29, 0.717) is 6.54 Å². The summed E-state index contributed by atoms with van der Waals surface area (Å²) >= 11 is 0.948. The number of hydrogen-bond donors (Lipinski definition) is 1. The highest BCUT2D eigenvalue weighted by Gasteiger charge is 2.37. The topological polar surface area (TPSA) is 41.6 Å². The van der Waals surface area contributed by atoms with Gasteiger partial charge in [-0.05, 0) is 63.5 Å². The zero-order chi connectivity index (χ0) is 25.0. The van der Waals surface area contributed by atoms with Crippen LogP contribution in [-0.4, -0.2) is 44.3 Å². The number of halogens is 5. The molecule has 0 bridgehead atoms. The van der Waals surface area contributed by atoms with Gasteiger partial charge in [-0.25, -0.2) is 8.78 Å². The van der Waals surface area contributed by atoms with E-state index in [-0.39, 0.29) is 28.3 Å². The van der Waals surface area contributed by atoms with E-state index in [4.69, 9.17) is 4.74 Å². The van der Waals surface area contributed by atoms with Gasteiger partial charge in [0.25, 0.3) is 5.91 Å². The summed E-state index contributed by atoms with van der Waals surface area (Å²) in [6.07, 6.45) is -2.31. The van der Waals surface area contributed by atoms with E-state index < -0.39 is 34.8 Å². The first-order valence-electron chi connectivity index (χ1n) is 10.2. The third kappa shape index (κ3) is 6.38. The molecule has 0 aromatic heterocycles. The molecular weight excluding hydrogens is 463 g/mol. The molecule has 0 saturated heterocycles. The van der Waals surface area contributed by atoms with E-state index in [0.717, 1.165) is 55.6 Å². The van der Waals surface area contributed by atoms with Crippen molar-refractivity contribution >= 4 is 17.7 Å². The van der Waals surface area contributed by atoms with E-state index in [9.17, 15) is 26.7 Å². The predicted molar refractivity (Wildman–Crippen MR) is 119 cm³/mol. The highest BCUT2D eigenvalue weighted by atomic mass is 32.2. The molecule has 0 aliphatic carbocycles. The van der Waals surface area contributed by atoms with Crippen LogP contribution in [0.5, 0.6) is 5.75 Å². The van der Waals surface area contributed by atoms with Crippen molar-refractivity contribution in [1.82, 2.24) is 10.2 Å². The minimum atomic E-state index is -4.63. The lowest BCUT2D eigenvalue weighted by Gasteiger charge is -2.36. The third-order valence-corrected chi connectivity index (χ3v) is 5.93. The van der Waals surface area contributed by atoms with Gasteiger partial charge >= 0.3 is 6.18 Å². The van der Waals surface area contributed by atoms with E-state index in [1.165, 1.54) is 6.26 Å². The maximum absolute atomic E-state index is 14.7. The Bertz CT molecular complexity index is 974. The number of carbonyl (C=O) groups excluding carboxylic acids is 1. The molecule has 1 atom stereocenters. The third-order valence-electron chi connectivity index (χ3n) is 5.16. The molecule has 2 aromatic carbocycles. The molecule has 0 aliphatic heterocycles. The largest absolute Gasteiger partial charge is 0.496 e. The average molecular weight is 491 g/mol. The maximum atomic E-state index is 14.7. The summed E-state index contributed by atoms with van der Waals surface area (Å²) in [6, 6.07) is 4.57. The monoisotopic (exact) mass is 490 g/mol. The molecule has 0 radical (unpaired) electrons. The second-order valence-electron chi connectivity index (χ2n) is 7.90. The normalized spacial score (nSPS) is 13.7. The average Bonchev–Trinajstić information content (AvgIpc) is 2.73. The summed E-state index contributed by atoms with van der Waals surface area (Å²) < 4.78 is 73.7. The molecule has 1 N–H and O–H groups in total. The number of methoxy groups -OCH3 is 1. The number of nitrogens with zero attached hydrogens (tertiary/aromatic N) is 1. The molecule has 0 saturated carbocycles. The van der Waals surface area contributed by atoms with Crippen molar-refractivity contribution in [2.75, 3.05) is 33.5 Å². The van der Waals surface area contributed by atoms with Gasteiger partial charge in [-0.1, -0.05) is 6.92 Å². The zero-order valence-corrected chi connectivity index (χ0v) is 19.9. The van der Waals surface area contributed by atoms with Gasteiger partial charge in [0.05, 0.1) is 23.8 Å². The van der Waals surface area contributed by atoms with E-state index >= 15 is 0 Å². The lowest BCUT2D eigenvalue weighted by Crippen LogP contribution is -2.51. The van der Waals surface area contributed by atoms with Crippen molar-refractivity contribution in [3.05, 3.63) is 58.7 Å². The highest BCUT2D eigenvalue weighted by Crippen LogP contribution is 2.38. The number of likely N-dealkylation sites (N-methyl/N-ethyl adjacent to an activating group) is 1. The Hall–Kier alpha value is -2.33. The van der Waals surface area contributed by atoms with Gasteiger partial charge in [0.2, 0.25) is 0 Å². The smallest absolute Gasteiger partial charge is 0.416 e. The molecule has 182 valence electrons. The minimum Gasteiger partial charge on any atom is -0.496 e. The number of nitrogens with one attached hydrogen (secondary N) is 1. The Balaban J connectivity index is 2.59. The summed E-state index contributed by atoms with van der Waals surface area (Å²) in [6.45, 7) is 4.25. The first kappa shape index (κ1) is 26.9. The SMILES string of the molecule is CCCN(C)C[C@@](C)(NC(=O)c1c(OC)cc(C(F)(F)F)cc1SC)c1cc(F)ccc1F. The van der Waals surface area contributed by atoms with Crippen molar-refractivity contribution in [2.45, 2.75) is 36.9 Å². The quantitative estimate of drug-likeness (QED) is 0.362. The fraction of sp³-hybridized carbons (Fsp3) is 0.435. The molecular formula is C23H27F5N2O2S. The number of thioether (sulfide) groups is 1. The van der Waals surface area contributed by atoms with Gasteiger partial charge in [0.1, 0.15) is 17.4 Å². The first-order valence-corrected chi connectivity index (χ1v) is 11.4. The summed E-state index contributed by atoms with van der Waals surface area (Å²) in [5.74, 6) is -2.42. The van der Waals surface area contributed by atoms with Crippen molar-refractivity contribution in [2.24, 2.45) is 0 Å². The van der Waals surface area contributed by atoms with Crippen molar-refractivity contribution in [3.63, 3.8) is 0 Å². The lowest BCUT2D eigenvalue weighted by molar-refractivity contribution is -0.137. The molecule has 4 nitrogen and oxygen atoms in total. The van der Waals surface area contributed by atoms with Crippen LogP contribution in [0.25, 0.3) is 0 Å². The summed E-state index contributed by atoms with van der Waals surface area (Å²) in [5.41, 5.74) is -2.53. The van der Waals surface area contributed by atoms with E-state index in [2.05, 4.69) is 5.32 Å². The summed E-state index contributed by atoms with van der Waals surface area (Å²) in [4.78, 5) is 15.3. The molecule has 10 heteroatoms. The molecule has 0 spiro atoms. The van der Waals surface area contributed by atoms with E-state index in [1.54, 1.807) is 14.0 Å². The molecule has 33 heavy (non-hydrogen) atoms. The Morgan fingerprint density at radius 1 is 1.18 bits per heavy atom. The van der Waals surface area contributed by atoms with Crippen molar-refractivity contribution < 1.29 is 31.5 Å². The molecule has 0 heterocycles. The number of alkyl halides is 3. The number of rotatable bonds is 9. The van der Waals surface area contributed by atoms with Gasteiger partial charge in [-0.3, -0.25) is 4.79 Å². The molecule has 0 unspecified atom stereocenters. The van der Waals surface area contributed by atoms with Gasteiger partial charge in [-0.2, -0.15) is 13.2 Å². The highest BCUT2D eigenvalue weighted by molar-refractivity contribution is 7.98. The lowest BCUT2D eigenvalue weighted by atomic mass is 9.89. The van der Waals surface area contributed by atoms with Crippen LogP contribution in [0.4, 0.5) is 22.0 Å². The molecule has 0 aliphatic rings. The van der Waals surface area contributed by atoms with Crippen LogP contribution in [0.2, 0.25) is 0 Å². The van der Waals surface area contributed by atoms with Gasteiger partial charge in [-0.15, -0.1) is 11.8 Å². The Morgan fingerprint density at radius 2 is 1.85 bits per heavy atom. The summed E-state index contributed by atoms with van der Waals surface area (Å²) in [5, 5.41) is 2.73. The van der Waals surface area contributed by atoms with E-state index in [1.807, 2.05) is 11.8 Å². The molecule has 1 amide bonds. The molecule has 2 aromatic rings. The molecule has 2 rings (SSSR count). The van der Waals surface area contributed by atoms with Crippen LogP contribution in [0, 0.1) is 11.6 Å². The van der Waals surface area contributed by atoms with Crippen molar-refractivity contribution in [3.8, 4) is 5.75 Å². The van der Waals surface area contributed by atoms with Crippen LogP contribution < -0.4 is 10.1 Å². The Labute approximate surface area is 194 Å². The Morgan fingerprint density at radius 3 is 2.39 bits per heavy atom. The predicted octanol–water partition coefficient (Wildman–Crippen LogP) is 5.70. The van der Waals surface area contributed by atoms with Gasteiger partial charge < -0.3 is 15.0 Å². The fourth-order valence-corrected chi connectivity index (χ4v) is 4.37. The van der Waals surface area contributed by atoms with Crippen LogP contribution in [-0.2, 0) is 11.7 Å². The fourth-order valence-electron chi connectivity index (χ4n) is 3.73. The minimum absolute atomic E-state index is 0.0446. The maximum Gasteiger partial charge on any atom is 0.416 e. The zero-order valence-electron chi connectivity index (χ0n) is 19.1. The van der Waals surface area contributed by atoms with Crippen LogP contribution in [0.15, 0.2) is 35.2 Å². The number of ether oxygens (including phenoxy) is 1. The summed E-state index contributed by atoms with van der Waals surface area (Å²) in [7, 11) is 2.94. The van der Waals surface area contributed by atoms with Crippen molar-refractivity contribution in [1.29, 1.82) is 0 Å². The molecule has 0 fully saturated rings. The number of benzene rings is 2.